The van der Waals surface area contributed by atoms with Crippen molar-refractivity contribution in [3.05, 3.63) is 64.1 Å². The maximum absolute atomic E-state index is 12.1. The van der Waals surface area contributed by atoms with E-state index in [9.17, 15) is 8.42 Å². The Bertz CT molecular complexity index is 672. The first-order chi connectivity index (χ1) is 8.99. The largest absolute Gasteiger partial charge is 0.242 e. The van der Waals surface area contributed by atoms with Crippen LogP contribution < -0.4 is 4.72 Å². The Morgan fingerprint density at radius 1 is 1.00 bits per heavy atom. The zero-order valence-corrected chi connectivity index (χ0v) is 12.1. The third kappa shape index (κ3) is 3.70. The van der Waals surface area contributed by atoms with Gasteiger partial charge in [-0.3, -0.25) is 0 Å². The summed E-state index contributed by atoms with van der Waals surface area (Å²) < 4.78 is 26.7. The van der Waals surface area contributed by atoms with Crippen molar-refractivity contribution in [2.24, 2.45) is 0 Å². The van der Waals surface area contributed by atoms with Crippen LogP contribution in [0.5, 0.6) is 0 Å². The fourth-order valence-electron chi connectivity index (χ4n) is 1.54. The molecular formula is C13H11Cl2NO2S. The van der Waals surface area contributed by atoms with Gasteiger partial charge in [0.2, 0.25) is 10.0 Å². The molecule has 0 amide bonds. The van der Waals surface area contributed by atoms with Crippen LogP contribution in [0.25, 0.3) is 0 Å². The SMILES string of the molecule is O=S(=O)(NCc1ccccc1)c1cc(Cl)ccc1Cl. The first kappa shape index (κ1) is 14.3. The monoisotopic (exact) mass is 315 g/mol. The number of hydrogen-bond acceptors (Lipinski definition) is 2. The van der Waals surface area contributed by atoms with E-state index in [2.05, 4.69) is 4.72 Å². The summed E-state index contributed by atoms with van der Waals surface area (Å²) in [6, 6.07) is 13.6. The van der Waals surface area contributed by atoms with Crippen molar-refractivity contribution in [1.29, 1.82) is 0 Å². The topological polar surface area (TPSA) is 46.2 Å². The first-order valence-corrected chi connectivity index (χ1v) is 7.71. The average Bonchev–Trinajstić information content (AvgIpc) is 2.40. The third-order valence-electron chi connectivity index (χ3n) is 2.49. The molecule has 6 heteroatoms. The van der Waals surface area contributed by atoms with E-state index in [1.165, 1.54) is 12.1 Å². The number of halogens is 2. The Morgan fingerprint density at radius 3 is 2.37 bits per heavy atom. The molecule has 0 saturated heterocycles. The molecule has 0 heterocycles. The second-order valence-electron chi connectivity index (χ2n) is 3.88. The van der Waals surface area contributed by atoms with Gasteiger partial charge in [-0.1, -0.05) is 53.5 Å². The van der Waals surface area contributed by atoms with Crippen LogP contribution in [0.1, 0.15) is 5.56 Å². The maximum Gasteiger partial charge on any atom is 0.242 e. The minimum absolute atomic E-state index is 0.0161. The van der Waals surface area contributed by atoms with Crippen LogP contribution in [0.2, 0.25) is 10.0 Å². The van der Waals surface area contributed by atoms with Crippen molar-refractivity contribution in [2.45, 2.75) is 11.4 Å². The van der Waals surface area contributed by atoms with Crippen molar-refractivity contribution in [3.63, 3.8) is 0 Å². The summed E-state index contributed by atoms with van der Waals surface area (Å²) in [5, 5.41) is 0.467. The van der Waals surface area contributed by atoms with Crippen LogP contribution >= 0.6 is 23.2 Å². The summed E-state index contributed by atoms with van der Waals surface area (Å²) in [6.45, 7) is 0.200. The number of hydrogen-bond donors (Lipinski definition) is 1. The molecule has 0 aliphatic carbocycles. The summed E-state index contributed by atoms with van der Waals surface area (Å²) in [6.07, 6.45) is 0. The standard InChI is InChI=1S/C13H11Cl2NO2S/c14-11-6-7-12(15)13(8-11)19(17,18)16-9-10-4-2-1-3-5-10/h1-8,16H,9H2. The van der Waals surface area contributed by atoms with Gasteiger partial charge in [-0.25, -0.2) is 13.1 Å². The minimum atomic E-state index is -3.68. The summed E-state index contributed by atoms with van der Waals surface area (Å²) in [5.74, 6) is 0. The van der Waals surface area contributed by atoms with Crippen LogP contribution in [0.15, 0.2) is 53.4 Å². The highest BCUT2D eigenvalue weighted by molar-refractivity contribution is 7.89. The molecule has 0 aliphatic heterocycles. The average molecular weight is 316 g/mol. The molecular weight excluding hydrogens is 305 g/mol. The van der Waals surface area contributed by atoms with Crippen molar-refractivity contribution in [3.8, 4) is 0 Å². The van der Waals surface area contributed by atoms with Gasteiger partial charge in [-0.15, -0.1) is 0 Å². The van der Waals surface area contributed by atoms with Crippen molar-refractivity contribution in [1.82, 2.24) is 4.72 Å². The van der Waals surface area contributed by atoms with Gasteiger partial charge in [0.15, 0.2) is 0 Å². The molecule has 0 spiro atoms. The molecule has 0 saturated carbocycles. The van der Waals surface area contributed by atoms with E-state index < -0.39 is 10.0 Å². The highest BCUT2D eigenvalue weighted by Gasteiger charge is 2.17. The van der Waals surface area contributed by atoms with Crippen LogP contribution in [0.4, 0.5) is 0 Å². The molecule has 3 nitrogen and oxygen atoms in total. The predicted molar refractivity (Wildman–Crippen MR) is 76.9 cm³/mol. The number of sulfonamides is 1. The van der Waals surface area contributed by atoms with Crippen LogP contribution in [-0.4, -0.2) is 8.42 Å². The molecule has 0 bridgehead atoms. The van der Waals surface area contributed by atoms with Gasteiger partial charge < -0.3 is 0 Å². The van der Waals surface area contributed by atoms with Gasteiger partial charge in [0, 0.05) is 11.6 Å². The van der Waals surface area contributed by atoms with Gasteiger partial charge in [-0.05, 0) is 23.8 Å². The van der Waals surface area contributed by atoms with E-state index in [0.29, 0.717) is 5.02 Å². The van der Waals surface area contributed by atoms with Crippen LogP contribution in [-0.2, 0) is 16.6 Å². The Balaban J connectivity index is 2.21. The van der Waals surface area contributed by atoms with E-state index in [1.54, 1.807) is 6.07 Å². The molecule has 0 fully saturated rings. The molecule has 2 aromatic carbocycles. The number of rotatable bonds is 4. The normalized spacial score (nSPS) is 11.5. The smallest absolute Gasteiger partial charge is 0.207 e. The van der Waals surface area contributed by atoms with E-state index in [-0.39, 0.29) is 16.5 Å². The molecule has 19 heavy (non-hydrogen) atoms. The summed E-state index contributed by atoms with van der Waals surface area (Å²) in [7, 11) is -3.68. The minimum Gasteiger partial charge on any atom is -0.207 e. The lowest BCUT2D eigenvalue weighted by Gasteiger charge is -2.08. The maximum atomic E-state index is 12.1. The van der Waals surface area contributed by atoms with Gasteiger partial charge in [0.25, 0.3) is 0 Å². The molecule has 0 atom stereocenters. The first-order valence-electron chi connectivity index (χ1n) is 5.48. The Morgan fingerprint density at radius 2 is 1.68 bits per heavy atom. The Kier molecular flexibility index (Phi) is 4.47. The zero-order chi connectivity index (χ0) is 13.9. The fourth-order valence-corrected chi connectivity index (χ4v) is 3.31. The third-order valence-corrected chi connectivity index (χ3v) is 4.61. The lowest BCUT2D eigenvalue weighted by molar-refractivity contribution is 0.581. The summed E-state index contributed by atoms with van der Waals surface area (Å²) in [5.41, 5.74) is 0.865. The number of nitrogens with one attached hydrogen (secondary N) is 1. The molecule has 0 unspecified atom stereocenters. The van der Waals surface area contributed by atoms with E-state index >= 15 is 0 Å². The fraction of sp³-hybridized carbons (Fsp3) is 0.0769. The quantitative estimate of drug-likeness (QED) is 0.939. The van der Waals surface area contributed by atoms with Crippen molar-refractivity contribution >= 4 is 33.2 Å². The molecule has 2 aromatic rings. The molecule has 100 valence electrons. The van der Waals surface area contributed by atoms with Crippen molar-refractivity contribution < 1.29 is 8.42 Å². The Labute approximate surface area is 122 Å². The van der Waals surface area contributed by atoms with Gasteiger partial charge >= 0.3 is 0 Å². The number of benzene rings is 2. The lowest BCUT2D eigenvalue weighted by Crippen LogP contribution is -2.23. The second kappa shape index (κ2) is 5.92. The molecule has 0 radical (unpaired) electrons. The van der Waals surface area contributed by atoms with E-state index in [4.69, 9.17) is 23.2 Å². The predicted octanol–water partition coefficient (Wildman–Crippen LogP) is 3.47. The zero-order valence-electron chi connectivity index (χ0n) is 9.81. The van der Waals surface area contributed by atoms with Crippen molar-refractivity contribution in [2.75, 3.05) is 0 Å². The molecule has 1 N–H and O–H groups in total. The highest BCUT2D eigenvalue weighted by atomic mass is 35.5. The molecule has 0 aliphatic rings. The lowest BCUT2D eigenvalue weighted by atomic mass is 10.2. The van der Waals surface area contributed by atoms with Gasteiger partial charge in [0.1, 0.15) is 4.90 Å². The van der Waals surface area contributed by atoms with E-state index in [0.717, 1.165) is 5.56 Å². The van der Waals surface area contributed by atoms with Crippen LogP contribution in [0, 0.1) is 0 Å². The Hall–Kier alpha value is -1.07. The van der Waals surface area contributed by atoms with Gasteiger partial charge in [0.05, 0.1) is 5.02 Å². The summed E-state index contributed by atoms with van der Waals surface area (Å²) >= 11 is 11.7. The second-order valence-corrected chi connectivity index (χ2v) is 6.46. The highest BCUT2D eigenvalue weighted by Crippen LogP contribution is 2.24. The van der Waals surface area contributed by atoms with Gasteiger partial charge in [-0.2, -0.15) is 0 Å². The van der Waals surface area contributed by atoms with E-state index in [1.807, 2.05) is 30.3 Å². The molecule has 2 rings (SSSR count). The molecule has 0 aromatic heterocycles. The summed E-state index contributed by atoms with van der Waals surface area (Å²) in [4.78, 5) is -0.0161. The van der Waals surface area contributed by atoms with Crippen LogP contribution in [0.3, 0.4) is 0 Å².